The summed E-state index contributed by atoms with van der Waals surface area (Å²) in [5.41, 5.74) is 5.36. The van der Waals surface area contributed by atoms with E-state index in [0.29, 0.717) is 25.7 Å². The molecule has 2 aliphatic heterocycles. The van der Waals surface area contributed by atoms with Gasteiger partial charge in [-0.2, -0.15) is 0 Å². The normalized spacial score (nSPS) is 31.6. The van der Waals surface area contributed by atoms with Crippen LogP contribution in [0.4, 0.5) is 0 Å². The number of nitrogens with two attached hydrogens (primary N) is 1. The van der Waals surface area contributed by atoms with Crippen LogP contribution in [0.5, 0.6) is 0 Å². The zero-order chi connectivity index (χ0) is 13.2. The summed E-state index contributed by atoms with van der Waals surface area (Å²) in [7, 11) is 0. The highest BCUT2D eigenvalue weighted by Crippen LogP contribution is 2.20. The van der Waals surface area contributed by atoms with E-state index in [4.69, 9.17) is 10.5 Å². The van der Waals surface area contributed by atoms with Gasteiger partial charge in [0.1, 0.15) is 5.54 Å². The van der Waals surface area contributed by atoms with Crippen molar-refractivity contribution in [2.24, 2.45) is 5.73 Å². The molecule has 2 aliphatic rings. The number of nitrogens with zero attached hydrogens (tertiary/aromatic N) is 2. The lowest BCUT2D eigenvalue weighted by atomic mass is 9.98. The molecule has 1 amide bonds. The largest absolute Gasteiger partial charge is 0.379 e. The summed E-state index contributed by atoms with van der Waals surface area (Å²) in [5.74, 6) is 0.0730. The van der Waals surface area contributed by atoms with E-state index in [0.717, 1.165) is 32.6 Å². The molecule has 5 nitrogen and oxygen atoms in total. The zero-order valence-corrected chi connectivity index (χ0v) is 11.5. The summed E-state index contributed by atoms with van der Waals surface area (Å²) >= 11 is 0. The first-order chi connectivity index (χ1) is 8.57. The van der Waals surface area contributed by atoms with Gasteiger partial charge in [-0.3, -0.25) is 9.69 Å². The van der Waals surface area contributed by atoms with Crippen LogP contribution in [0.25, 0.3) is 0 Å². The highest BCUT2D eigenvalue weighted by Gasteiger charge is 2.41. The molecule has 2 fully saturated rings. The number of ether oxygens (including phenoxy) is 1. The maximum atomic E-state index is 12.4. The van der Waals surface area contributed by atoms with Gasteiger partial charge in [-0.25, -0.2) is 0 Å². The van der Waals surface area contributed by atoms with Crippen molar-refractivity contribution in [3.8, 4) is 0 Å². The van der Waals surface area contributed by atoms with Crippen LogP contribution < -0.4 is 5.73 Å². The number of hydrogen-bond donors (Lipinski definition) is 1. The van der Waals surface area contributed by atoms with Crippen LogP contribution in [0.3, 0.4) is 0 Å². The summed E-state index contributed by atoms with van der Waals surface area (Å²) in [6.07, 6.45) is 1.81. The lowest BCUT2D eigenvalue weighted by Gasteiger charge is -2.40. The minimum absolute atomic E-state index is 0.0730. The third kappa shape index (κ3) is 2.68. The van der Waals surface area contributed by atoms with Gasteiger partial charge in [0.15, 0.2) is 0 Å². The van der Waals surface area contributed by atoms with Crippen molar-refractivity contribution < 1.29 is 9.53 Å². The maximum absolute atomic E-state index is 12.4. The van der Waals surface area contributed by atoms with E-state index >= 15 is 0 Å². The van der Waals surface area contributed by atoms with E-state index in [1.54, 1.807) is 0 Å². The Morgan fingerprint density at radius 3 is 2.56 bits per heavy atom. The van der Waals surface area contributed by atoms with Gasteiger partial charge in [-0.15, -0.1) is 0 Å². The standard InChI is InChI=1S/C13H25N3O2/c1-3-11(2)15-5-7-16(8-6-15)12(17)13(14)4-9-18-10-13/h11H,3-10,14H2,1-2H3. The molecular formula is C13H25N3O2. The van der Waals surface area contributed by atoms with Crippen molar-refractivity contribution in [1.29, 1.82) is 0 Å². The van der Waals surface area contributed by atoms with Crippen LogP contribution in [0.15, 0.2) is 0 Å². The smallest absolute Gasteiger partial charge is 0.245 e. The van der Waals surface area contributed by atoms with Crippen molar-refractivity contribution in [3.63, 3.8) is 0 Å². The number of hydrogen-bond acceptors (Lipinski definition) is 4. The Bertz CT molecular complexity index is 295. The predicted octanol–water partition coefficient (Wildman–Crippen LogP) is 0.0469. The topological polar surface area (TPSA) is 58.8 Å². The van der Waals surface area contributed by atoms with Crippen molar-refractivity contribution in [2.45, 2.75) is 38.3 Å². The quantitative estimate of drug-likeness (QED) is 0.774. The summed E-state index contributed by atoms with van der Waals surface area (Å²) in [6, 6.07) is 0.601. The summed E-state index contributed by atoms with van der Waals surface area (Å²) in [5, 5.41) is 0. The fourth-order valence-electron chi connectivity index (χ4n) is 2.69. The first kappa shape index (κ1) is 13.8. The third-order valence-electron chi connectivity index (χ3n) is 4.29. The van der Waals surface area contributed by atoms with Gasteiger partial charge in [0.2, 0.25) is 5.91 Å². The molecule has 2 rings (SSSR count). The van der Waals surface area contributed by atoms with Gasteiger partial charge >= 0.3 is 0 Å². The molecule has 18 heavy (non-hydrogen) atoms. The van der Waals surface area contributed by atoms with Crippen molar-refractivity contribution in [2.75, 3.05) is 39.4 Å². The number of carbonyl (C=O) groups excluding carboxylic acids is 1. The molecule has 104 valence electrons. The molecule has 0 radical (unpaired) electrons. The van der Waals surface area contributed by atoms with E-state index in [9.17, 15) is 4.79 Å². The molecule has 0 aromatic carbocycles. The third-order valence-corrected chi connectivity index (χ3v) is 4.29. The average Bonchev–Trinajstić information content (AvgIpc) is 2.85. The number of amides is 1. The molecule has 2 atom stereocenters. The highest BCUT2D eigenvalue weighted by atomic mass is 16.5. The predicted molar refractivity (Wildman–Crippen MR) is 70.3 cm³/mol. The molecule has 0 saturated carbocycles. The van der Waals surface area contributed by atoms with E-state index < -0.39 is 5.54 Å². The molecule has 5 heteroatoms. The Balaban J connectivity index is 1.88. The minimum Gasteiger partial charge on any atom is -0.379 e. The second kappa shape index (κ2) is 5.55. The molecule has 0 bridgehead atoms. The Kier molecular flexibility index (Phi) is 4.25. The maximum Gasteiger partial charge on any atom is 0.245 e. The van der Waals surface area contributed by atoms with Crippen LogP contribution >= 0.6 is 0 Å². The first-order valence-corrected chi connectivity index (χ1v) is 6.97. The molecule has 0 aromatic heterocycles. The average molecular weight is 255 g/mol. The Morgan fingerprint density at radius 2 is 2.06 bits per heavy atom. The van der Waals surface area contributed by atoms with Gasteiger partial charge in [0, 0.05) is 38.8 Å². The fraction of sp³-hybridized carbons (Fsp3) is 0.923. The van der Waals surface area contributed by atoms with E-state index in [1.165, 1.54) is 0 Å². The van der Waals surface area contributed by atoms with Gasteiger partial charge in [0.05, 0.1) is 6.61 Å². The number of piperazine rings is 1. The van der Waals surface area contributed by atoms with Gasteiger partial charge < -0.3 is 15.4 Å². The molecule has 0 aliphatic carbocycles. The van der Waals surface area contributed by atoms with E-state index in [1.807, 2.05) is 4.90 Å². The van der Waals surface area contributed by atoms with Gasteiger partial charge in [-0.05, 0) is 19.8 Å². The lowest BCUT2D eigenvalue weighted by molar-refractivity contribution is -0.139. The minimum atomic E-state index is -0.765. The SMILES string of the molecule is CCC(C)N1CCN(C(=O)C2(N)CCOC2)CC1. The monoisotopic (exact) mass is 255 g/mol. The van der Waals surface area contributed by atoms with E-state index in [2.05, 4.69) is 18.7 Å². The van der Waals surface area contributed by atoms with Crippen molar-refractivity contribution >= 4 is 5.91 Å². The lowest BCUT2D eigenvalue weighted by Crippen LogP contribution is -2.60. The van der Waals surface area contributed by atoms with Crippen molar-refractivity contribution in [1.82, 2.24) is 9.80 Å². The Hall–Kier alpha value is -0.650. The fourth-order valence-corrected chi connectivity index (χ4v) is 2.69. The van der Waals surface area contributed by atoms with Crippen LogP contribution in [-0.4, -0.2) is 66.7 Å². The van der Waals surface area contributed by atoms with Crippen LogP contribution in [-0.2, 0) is 9.53 Å². The first-order valence-electron chi connectivity index (χ1n) is 6.97. The van der Waals surface area contributed by atoms with Crippen LogP contribution in [0.1, 0.15) is 26.7 Å². The summed E-state index contributed by atoms with van der Waals surface area (Å²) < 4.78 is 5.27. The molecule has 0 spiro atoms. The second-order valence-electron chi connectivity index (χ2n) is 5.54. The molecule has 2 N–H and O–H groups in total. The molecule has 2 saturated heterocycles. The van der Waals surface area contributed by atoms with E-state index in [-0.39, 0.29) is 5.91 Å². The van der Waals surface area contributed by atoms with Gasteiger partial charge in [0.25, 0.3) is 0 Å². The molecule has 2 heterocycles. The number of rotatable bonds is 3. The second-order valence-corrected chi connectivity index (χ2v) is 5.54. The van der Waals surface area contributed by atoms with Crippen LogP contribution in [0.2, 0.25) is 0 Å². The van der Waals surface area contributed by atoms with Gasteiger partial charge in [-0.1, -0.05) is 6.92 Å². The summed E-state index contributed by atoms with van der Waals surface area (Å²) in [4.78, 5) is 16.7. The van der Waals surface area contributed by atoms with Crippen molar-refractivity contribution in [3.05, 3.63) is 0 Å². The molecular weight excluding hydrogens is 230 g/mol. The molecule has 0 aromatic rings. The molecule has 2 unspecified atom stereocenters. The Morgan fingerprint density at radius 1 is 1.39 bits per heavy atom. The Labute approximate surface area is 109 Å². The summed E-state index contributed by atoms with van der Waals surface area (Å²) in [6.45, 7) is 8.92. The highest BCUT2D eigenvalue weighted by molar-refractivity contribution is 5.86. The number of carbonyl (C=O) groups is 1. The zero-order valence-electron chi connectivity index (χ0n) is 11.5. The van der Waals surface area contributed by atoms with Crippen LogP contribution in [0, 0.1) is 0 Å².